The van der Waals surface area contributed by atoms with Crippen LogP contribution in [0.1, 0.15) is 0 Å². The molecule has 0 radical (unpaired) electrons. The van der Waals surface area contributed by atoms with Crippen LogP contribution >= 0.6 is 11.3 Å². The number of fused-ring (bicyclic) bond motifs is 2. The van der Waals surface area contributed by atoms with Gasteiger partial charge in [-0.05, 0) is 36.4 Å². The van der Waals surface area contributed by atoms with Gasteiger partial charge in [0.2, 0.25) is 0 Å². The SMILES string of the molecule is CN(C)c1cncc(-c2cnc3n[nH]c(-c4cc5c(-c6ccc(F)s6)cccc5[nH]4)c3c2)c1. The lowest BCUT2D eigenvalue weighted by atomic mass is 10.1. The smallest absolute Gasteiger partial charge is 0.181 e. The molecule has 162 valence electrons. The summed E-state index contributed by atoms with van der Waals surface area (Å²) < 4.78 is 13.6. The van der Waals surface area contributed by atoms with Gasteiger partial charge < -0.3 is 9.88 Å². The van der Waals surface area contributed by atoms with Gasteiger partial charge in [-0.2, -0.15) is 9.49 Å². The molecule has 0 saturated heterocycles. The minimum Gasteiger partial charge on any atom is -0.376 e. The van der Waals surface area contributed by atoms with E-state index in [0.29, 0.717) is 5.65 Å². The Morgan fingerprint density at radius 3 is 2.64 bits per heavy atom. The summed E-state index contributed by atoms with van der Waals surface area (Å²) in [5.74, 6) is 0. The molecule has 5 heterocycles. The Morgan fingerprint density at radius 1 is 0.939 bits per heavy atom. The van der Waals surface area contributed by atoms with Crippen LogP contribution in [-0.4, -0.2) is 39.2 Å². The van der Waals surface area contributed by atoms with Crippen LogP contribution in [-0.2, 0) is 0 Å². The fourth-order valence-corrected chi connectivity index (χ4v) is 4.83. The van der Waals surface area contributed by atoms with Gasteiger partial charge in [0.05, 0.1) is 23.3 Å². The van der Waals surface area contributed by atoms with Crippen molar-refractivity contribution >= 4 is 39.0 Å². The molecular formula is C25H19FN6S. The summed E-state index contributed by atoms with van der Waals surface area (Å²) in [5, 5.41) is 9.30. The molecule has 5 aromatic heterocycles. The molecule has 0 saturated carbocycles. The summed E-state index contributed by atoms with van der Waals surface area (Å²) in [6, 6.07) is 15.6. The van der Waals surface area contributed by atoms with E-state index in [2.05, 4.69) is 43.3 Å². The highest BCUT2D eigenvalue weighted by molar-refractivity contribution is 7.14. The fraction of sp³-hybridized carbons (Fsp3) is 0.0800. The second kappa shape index (κ2) is 7.53. The highest BCUT2D eigenvalue weighted by Crippen LogP contribution is 2.37. The molecule has 0 atom stereocenters. The van der Waals surface area contributed by atoms with Gasteiger partial charge in [0.25, 0.3) is 0 Å². The maximum absolute atomic E-state index is 13.6. The molecular weight excluding hydrogens is 435 g/mol. The minimum absolute atomic E-state index is 0.191. The standard InChI is InChI=1S/C25H19FN6S/c1-32(2)16-8-14(11-27-13-16)15-9-19-24(30-31-25(19)28-12-15)21-10-18-17(4-3-5-20(18)29-21)22-6-7-23(26)33-22/h3-13,29H,1-2H3,(H,28,30,31). The lowest BCUT2D eigenvalue weighted by Gasteiger charge is -2.12. The van der Waals surface area contributed by atoms with E-state index in [1.165, 1.54) is 6.07 Å². The zero-order chi connectivity index (χ0) is 22.5. The van der Waals surface area contributed by atoms with Crippen molar-refractivity contribution in [1.29, 1.82) is 0 Å². The first kappa shape index (κ1) is 19.6. The average Bonchev–Trinajstić information content (AvgIpc) is 3.55. The van der Waals surface area contributed by atoms with Crippen LogP contribution in [0.2, 0.25) is 0 Å². The topological polar surface area (TPSA) is 73.5 Å². The van der Waals surface area contributed by atoms with Crippen LogP contribution in [0.3, 0.4) is 0 Å². The quantitative estimate of drug-likeness (QED) is 0.337. The van der Waals surface area contributed by atoms with Gasteiger partial charge in [-0.3, -0.25) is 10.1 Å². The predicted octanol–water partition coefficient (Wildman–Crippen LogP) is 6.10. The first-order chi connectivity index (χ1) is 16.1. The van der Waals surface area contributed by atoms with Gasteiger partial charge in [-0.15, -0.1) is 11.3 Å². The highest BCUT2D eigenvalue weighted by Gasteiger charge is 2.15. The van der Waals surface area contributed by atoms with Gasteiger partial charge in [-0.25, -0.2) is 4.98 Å². The third kappa shape index (κ3) is 3.35. The van der Waals surface area contributed by atoms with Crippen molar-refractivity contribution < 1.29 is 4.39 Å². The first-order valence-corrected chi connectivity index (χ1v) is 11.2. The molecule has 6 nitrogen and oxygen atoms in total. The van der Waals surface area contributed by atoms with Crippen molar-refractivity contribution in [2.75, 3.05) is 19.0 Å². The van der Waals surface area contributed by atoms with E-state index in [1.807, 2.05) is 61.9 Å². The summed E-state index contributed by atoms with van der Waals surface area (Å²) in [6.45, 7) is 0. The normalized spacial score (nSPS) is 11.5. The summed E-state index contributed by atoms with van der Waals surface area (Å²) in [7, 11) is 3.98. The third-order valence-electron chi connectivity index (χ3n) is 5.76. The second-order valence-electron chi connectivity index (χ2n) is 8.07. The number of nitrogens with zero attached hydrogens (tertiary/aromatic N) is 4. The predicted molar refractivity (Wildman–Crippen MR) is 132 cm³/mol. The molecule has 0 aliphatic carbocycles. The maximum Gasteiger partial charge on any atom is 0.181 e. The summed E-state index contributed by atoms with van der Waals surface area (Å²) in [5.41, 5.74) is 7.35. The molecule has 1 aromatic carbocycles. The van der Waals surface area contributed by atoms with Gasteiger partial charge in [0, 0.05) is 64.3 Å². The van der Waals surface area contributed by atoms with Crippen LogP contribution in [0.4, 0.5) is 10.1 Å². The Kier molecular flexibility index (Phi) is 4.48. The second-order valence-corrected chi connectivity index (χ2v) is 9.11. The molecule has 6 aromatic rings. The third-order valence-corrected chi connectivity index (χ3v) is 6.66. The van der Waals surface area contributed by atoms with Crippen molar-refractivity contribution in [2.45, 2.75) is 0 Å². The van der Waals surface area contributed by atoms with Crippen molar-refractivity contribution in [3.05, 3.63) is 72.3 Å². The van der Waals surface area contributed by atoms with Crippen molar-refractivity contribution in [3.63, 3.8) is 0 Å². The molecule has 8 heteroatoms. The van der Waals surface area contributed by atoms with Gasteiger partial charge in [0.1, 0.15) is 0 Å². The highest BCUT2D eigenvalue weighted by atomic mass is 32.1. The number of thiophene rings is 1. The number of pyridine rings is 2. The molecule has 0 spiro atoms. The largest absolute Gasteiger partial charge is 0.376 e. The molecule has 0 aliphatic heterocycles. The number of halogens is 1. The number of nitrogens with one attached hydrogen (secondary N) is 2. The molecule has 0 amide bonds. The first-order valence-electron chi connectivity index (χ1n) is 10.4. The number of hydrogen-bond donors (Lipinski definition) is 2. The van der Waals surface area contributed by atoms with E-state index in [4.69, 9.17) is 0 Å². The molecule has 0 bridgehead atoms. The Morgan fingerprint density at radius 2 is 1.82 bits per heavy atom. The van der Waals surface area contributed by atoms with Gasteiger partial charge in [-0.1, -0.05) is 12.1 Å². The Bertz CT molecular complexity index is 1630. The Hall–Kier alpha value is -4.04. The Labute approximate surface area is 192 Å². The number of aromatic nitrogens is 5. The molecule has 0 fully saturated rings. The number of benzene rings is 1. The number of anilines is 1. The fourth-order valence-electron chi connectivity index (χ4n) is 4.06. The lowest BCUT2D eigenvalue weighted by molar-refractivity contribution is 0.657. The van der Waals surface area contributed by atoms with Crippen molar-refractivity contribution in [2.24, 2.45) is 0 Å². The molecule has 0 unspecified atom stereocenters. The van der Waals surface area contributed by atoms with Crippen LogP contribution < -0.4 is 4.90 Å². The zero-order valence-corrected chi connectivity index (χ0v) is 18.7. The van der Waals surface area contributed by atoms with E-state index < -0.39 is 0 Å². The average molecular weight is 455 g/mol. The van der Waals surface area contributed by atoms with Gasteiger partial charge in [0.15, 0.2) is 10.8 Å². The maximum atomic E-state index is 13.6. The van der Waals surface area contributed by atoms with E-state index in [0.717, 1.165) is 66.3 Å². The summed E-state index contributed by atoms with van der Waals surface area (Å²) in [4.78, 5) is 15.3. The van der Waals surface area contributed by atoms with E-state index in [-0.39, 0.29) is 5.13 Å². The monoisotopic (exact) mass is 454 g/mol. The number of hydrogen-bond acceptors (Lipinski definition) is 5. The number of H-pyrrole nitrogens is 2. The number of rotatable bonds is 4. The summed E-state index contributed by atoms with van der Waals surface area (Å²) >= 11 is 1.15. The van der Waals surface area contributed by atoms with Crippen molar-refractivity contribution in [3.8, 4) is 33.0 Å². The Balaban J connectivity index is 1.48. The minimum atomic E-state index is -0.191. The van der Waals surface area contributed by atoms with Crippen LogP contribution in [0, 0.1) is 5.13 Å². The molecule has 33 heavy (non-hydrogen) atoms. The molecule has 6 rings (SSSR count). The van der Waals surface area contributed by atoms with E-state index in [9.17, 15) is 4.39 Å². The molecule has 0 aliphatic rings. The number of aromatic amines is 2. The van der Waals surface area contributed by atoms with Crippen molar-refractivity contribution in [1.82, 2.24) is 25.1 Å². The zero-order valence-electron chi connectivity index (χ0n) is 17.9. The van der Waals surface area contributed by atoms with Crippen LogP contribution in [0.15, 0.2) is 67.1 Å². The van der Waals surface area contributed by atoms with E-state index >= 15 is 0 Å². The lowest BCUT2D eigenvalue weighted by Crippen LogP contribution is -2.08. The molecule has 2 N–H and O–H groups in total. The van der Waals surface area contributed by atoms with Crippen LogP contribution in [0.5, 0.6) is 0 Å². The van der Waals surface area contributed by atoms with Gasteiger partial charge >= 0.3 is 0 Å². The van der Waals surface area contributed by atoms with E-state index in [1.54, 1.807) is 0 Å². The van der Waals surface area contributed by atoms with Crippen LogP contribution in [0.25, 0.3) is 54.9 Å². The summed E-state index contributed by atoms with van der Waals surface area (Å²) in [6.07, 6.45) is 5.49.